The first-order valence-electron chi connectivity index (χ1n) is 6.84. The molecule has 0 atom stereocenters. The number of fused-ring (bicyclic) bond motifs is 1. The molecule has 4 heteroatoms. The van der Waals surface area contributed by atoms with E-state index in [0.717, 1.165) is 17.0 Å². The molecule has 104 valence electrons. The van der Waals surface area contributed by atoms with Gasteiger partial charge in [-0.3, -0.25) is 0 Å². The van der Waals surface area contributed by atoms with Crippen LogP contribution in [0.3, 0.4) is 0 Å². The van der Waals surface area contributed by atoms with E-state index < -0.39 is 0 Å². The van der Waals surface area contributed by atoms with E-state index in [1.165, 1.54) is 16.6 Å². The molecule has 2 heterocycles. The zero-order valence-electron chi connectivity index (χ0n) is 12.1. The summed E-state index contributed by atoms with van der Waals surface area (Å²) >= 11 is 0. The van der Waals surface area contributed by atoms with Crippen molar-refractivity contribution in [1.29, 1.82) is 0 Å². The fourth-order valence-corrected chi connectivity index (χ4v) is 2.73. The normalized spacial score (nSPS) is 11.4. The second kappa shape index (κ2) is 4.80. The molecule has 0 aliphatic heterocycles. The monoisotopic (exact) mass is 269 g/mol. The number of nitrogens with zero attached hydrogens (tertiary/aromatic N) is 2. The number of benzene rings is 1. The molecule has 0 bridgehead atoms. The van der Waals surface area contributed by atoms with Gasteiger partial charge in [-0.2, -0.15) is 0 Å². The largest absolute Gasteiger partial charge is 0.445 e. The summed E-state index contributed by atoms with van der Waals surface area (Å²) in [7, 11) is 2.08. The quantitative estimate of drug-likeness (QED) is 0.795. The van der Waals surface area contributed by atoms with E-state index in [-0.39, 0.29) is 0 Å². The zero-order chi connectivity index (χ0) is 14.3. The number of aromatic nitrogens is 2. The minimum atomic E-state index is 0.550. The molecule has 0 saturated carbocycles. The van der Waals surface area contributed by atoms with E-state index in [1.54, 1.807) is 0 Å². The molecular formula is C16H19N3O. The summed E-state index contributed by atoms with van der Waals surface area (Å²) in [5, 5.41) is 1.21. The van der Waals surface area contributed by atoms with Gasteiger partial charge in [-0.25, -0.2) is 4.98 Å². The maximum absolute atomic E-state index is 5.72. The summed E-state index contributed by atoms with van der Waals surface area (Å²) in [4.78, 5) is 4.63. The Balaban J connectivity index is 2.27. The predicted octanol–water partition coefficient (Wildman–Crippen LogP) is 2.95. The van der Waals surface area contributed by atoms with Crippen LogP contribution in [0.5, 0.6) is 0 Å². The highest BCUT2D eigenvalue weighted by atomic mass is 16.4. The van der Waals surface area contributed by atoms with Crippen LogP contribution in [0.15, 0.2) is 28.7 Å². The predicted molar refractivity (Wildman–Crippen MR) is 80.6 cm³/mol. The Morgan fingerprint density at radius 2 is 2.00 bits per heavy atom. The standard InChI is InChI=1S/C16H19N3O/c1-10-15(12-6-4-5-7-13(12)19(10)3)16-11(2)20-14(18-16)8-9-17/h4-7H,8-9,17H2,1-3H3. The van der Waals surface area contributed by atoms with Crippen molar-refractivity contribution < 1.29 is 4.42 Å². The molecule has 0 spiro atoms. The molecule has 0 aliphatic carbocycles. The Morgan fingerprint density at radius 3 is 2.75 bits per heavy atom. The fraction of sp³-hybridized carbons (Fsp3) is 0.312. The number of aryl methyl sites for hydroxylation is 2. The van der Waals surface area contributed by atoms with Crippen LogP contribution in [-0.2, 0) is 13.5 Å². The molecule has 0 aliphatic rings. The van der Waals surface area contributed by atoms with Crippen LogP contribution >= 0.6 is 0 Å². The van der Waals surface area contributed by atoms with Gasteiger partial charge in [0.2, 0.25) is 0 Å². The van der Waals surface area contributed by atoms with Crippen molar-refractivity contribution in [2.24, 2.45) is 12.8 Å². The summed E-state index contributed by atoms with van der Waals surface area (Å²) in [5.41, 5.74) is 10.1. The van der Waals surface area contributed by atoms with Crippen LogP contribution in [0.2, 0.25) is 0 Å². The maximum Gasteiger partial charge on any atom is 0.196 e. The first-order valence-corrected chi connectivity index (χ1v) is 6.84. The Labute approximate surface area is 118 Å². The van der Waals surface area contributed by atoms with Crippen molar-refractivity contribution in [3.05, 3.63) is 41.6 Å². The van der Waals surface area contributed by atoms with Gasteiger partial charge in [-0.05, 0) is 19.9 Å². The lowest BCUT2D eigenvalue weighted by molar-refractivity contribution is 0.473. The molecule has 20 heavy (non-hydrogen) atoms. The van der Waals surface area contributed by atoms with Crippen LogP contribution < -0.4 is 5.73 Å². The van der Waals surface area contributed by atoms with Crippen LogP contribution in [0, 0.1) is 13.8 Å². The number of para-hydroxylation sites is 1. The van der Waals surface area contributed by atoms with E-state index in [4.69, 9.17) is 10.2 Å². The van der Waals surface area contributed by atoms with E-state index in [2.05, 4.69) is 47.8 Å². The molecule has 2 aromatic heterocycles. The van der Waals surface area contributed by atoms with Crippen molar-refractivity contribution in [1.82, 2.24) is 9.55 Å². The third-order valence-corrected chi connectivity index (χ3v) is 3.84. The first-order chi connectivity index (χ1) is 9.63. The fourth-order valence-electron chi connectivity index (χ4n) is 2.73. The van der Waals surface area contributed by atoms with Gasteiger partial charge in [0, 0.05) is 42.2 Å². The third-order valence-electron chi connectivity index (χ3n) is 3.84. The van der Waals surface area contributed by atoms with E-state index >= 15 is 0 Å². The molecule has 0 unspecified atom stereocenters. The summed E-state index contributed by atoms with van der Waals surface area (Å²) in [5.74, 6) is 1.57. The lowest BCUT2D eigenvalue weighted by Gasteiger charge is -1.99. The van der Waals surface area contributed by atoms with Crippen molar-refractivity contribution in [3.63, 3.8) is 0 Å². The third kappa shape index (κ3) is 1.84. The molecule has 2 N–H and O–H groups in total. The van der Waals surface area contributed by atoms with E-state index in [0.29, 0.717) is 18.9 Å². The number of hydrogen-bond donors (Lipinski definition) is 1. The highest BCUT2D eigenvalue weighted by molar-refractivity contribution is 5.97. The van der Waals surface area contributed by atoms with Crippen molar-refractivity contribution in [3.8, 4) is 11.3 Å². The smallest absolute Gasteiger partial charge is 0.196 e. The molecule has 0 amide bonds. The van der Waals surface area contributed by atoms with E-state index in [1.807, 2.05) is 6.92 Å². The number of nitrogens with two attached hydrogens (primary N) is 1. The number of hydrogen-bond acceptors (Lipinski definition) is 3. The van der Waals surface area contributed by atoms with Gasteiger partial charge in [-0.15, -0.1) is 0 Å². The SMILES string of the molecule is Cc1oc(CCN)nc1-c1c(C)n(C)c2ccccc12. The summed E-state index contributed by atoms with van der Waals surface area (Å²) in [6.45, 7) is 4.63. The molecule has 3 rings (SSSR count). The Morgan fingerprint density at radius 1 is 1.25 bits per heavy atom. The minimum absolute atomic E-state index is 0.550. The topological polar surface area (TPSA) is 57.0 Å². The molecule has 3 aromatic rings. The van der Waals surface area contributed by atoms with Crippen molar-refractivity contribution >= 4 is 10.9 Å². The van der Waals surface area contributed by atoms with Crippen LogP contribution in [-0.4, -0.2) is 16.1 Å². The van der Waals surface area contributed by atoms with Gasteiger partial charge in [-0.1, -0.05) is 18.2 Å². The summed E-state index contributed by atoms with van der Waals surface area (Å²) in [6, 6.07) is 8.37. The van der Waals surface area contributed by atoms with Crippen LogP contribution in [0.4, 0.5) is 0 Å². The van der Waals surface area contributed by atoms with Gasteiger partial charge < -0.3 is 14.7 Å². The highest BCUT2D eigenvalue weighted by Crippen LogP contribution is 2.35. The lowest BCUT2D eigenvalue weighted by atomic mass is 10.1. The summed E-state index contributed by atoms with van der Waals surface area (Å²) < 4.78 is 7.92. The minimum Gasteiger partial charge on any atom is -0.445 e. The Hall–Kier alpha value is -2.07. The Kier molecular flexibility index (Phi) is 3.10. The molecule has 1 aromatic carbocycles. The first kappa shape index (κ1) is 12.9. The second-order valence-electron chi connectivity index (χ2n) is 5.09. The number of rotatable bonds is 3. The molecule has 0 radical (unpaired) electrons. The molecule has 4 nitrogen and oxygen atoms in total. The van der Waals surface area contributed by atoms with Gasteiger partial charge in [0.05, 0.1) is 0 Å². The van der Waals surface area contributed by atoms with Gasteiger partial charge in [0.15, 0.2) is 5.89 Å². The zero-order valence-corrected chi connectivity index (χ0v) is 12.1. The van der Waals surface area contributed by atoms with Crippen LogP contribution in [0.1, 0.15) is 17.3 Å². The number of oxazole rings is 1. The van der Waals surface area contributed by atoms with Crippen LogP contribution in [0.25, 0.3) is 22.2 Å². The lowest BCUT2D eigenvalue weighted by Crippen LogP contribution is -2.02. The average molecular weight is 269 g/mol. The highest BCUT2D eigenvalue weighted by Gasteiger charge is 2.19. The molecule has 0 fully saturated rings. The van der Waals surface area contributed by atoms with E-state index in [9.17, 15) is 0 Å². The average Bonchev–Trinajstić information content (AvgIpc) is 2.91. The Bertz CT molecular complexity index is 767. The summed E-state index contributed by atoms with van der Waals surface area (Å²) in [6.07, 6.45) is 0.671. The van der Waals surface area contributed by atoms with Gasteiger partial charge >= 0.3 is 0 Å². The second-order valence-corrected chi connectivity index (χ2v) is 5.09. The van der Waals surface area contributed by atoms with Crippen molar-refractivity contribution in [2.75, 3.05) is 6.54 Å². The molecular weight excluding hydrogens is 250 g/mol. The van der Waals surface area contributed by atoms with Crippen molar-refractivity contribution in [2.45, 2.75) is 20.3 Å². The maximum atomic E-state index is 5.72. The van der Waals surface area contributed by atoms with Gasteiger partial charge in [0.1, 0.15) is 11.5 Å². The molecule has 0 saturated heterocycles. The van der Waals surface area contributed by atoms with Gasteiger partial charge in [0.25, 0.3) is 0 Å².